The number of nitrogens with zero attached hydrogens (tertiary/aromatic N) is 1. The highest BCUT2D eigenvalue weighted by Gasteiger charge is 2.30. The summed E-state index contributed by atoms with van der Waals surface area (Å²) in [5.74, 6) is 0. The highest BCUT2D eigenvalue weighted by Crippen LogP contribution is 2.31. The van der Waals surface area contributed by atoms with Gasteiger partial charge in [0.1, 0.15) is 0 Å². The summed E-state index contributed by atoms with van der Waals surface area (Å²) in [5, 5.41) is 10.2. The first kappa shape index (κ1) is 15.6. The van der Waals surface area contributed by atoms with Crippen molar-refractivity contribution < 1.29 is 13.2 Å². The number of alkyl halides is 3. The van der Waals surface area contributed by atoms with E-state index in [2.05, 4.69) is 15.5 Å². The molecule has 114 valence electrons. The third-order valence-corrected chi connectivity index (χ3v) is 3.03. The Morgan fingerprint density at radius 3 is 2.24 bits per heavy atom. The van der Waals surface area contributed by atoms with Crippen LogP contribution < -0.4 is 5.32 Å². The molecule has 0 saturated heterocycles. The van der Waals surface area contributed by atoms with Crippen molar-refractivity contribution in [3.8, 4) is 11.3 Å². The van der Waals surface area contributed by atoms with Crippen molar-refractivity contribution in [2.45, 2.75) is 39.0 Å². The van der Waals surface area contributed by atoms with Crippen molar-refractivity contribution in [1.29, 1.82) is 0 Å². The number of aromatic amines is 1. The van der Waals surface area contributed by atoms with Crippen molar-refractivity contribution >= 4 is 0 Å². The van der Waals surface area contributed by atoms with E-state index < -0.39 is 11.7 Å². The monoisotopic (exact) mass is 297 g/mol. The number of aromatic nitrogens is 2. The van der Waals surface area contributed by atoms with E-state index in [1.165, 1.54) is 12.1 Å². The van der Waals surface area contributed by atoms with Gasteiger partial charge in [0.25, 0.3) is 0 Å². The third kappa shape index (κ3) is 4.07. The summed E-state index contributed by atoms with van der Waals surface area (Å²) in [5.41, 5.74) is 1.64. The molecule has 0 aliphatic carbocycles. The Kier molecular flexibility index (Phi) is 4.09. The van der Waals surface area contributed by atoms with Gasteiger partial charge in [0.05, 0.1) is 17.5 Å². The number of hydrogen-bond donors (Lipinski definition) is 2. The maximum absolute atomic E-state index is 12.6. The van der Waals surface area contributed by atoms with Crippen LogP contribution in [0.1, 0.15) is 31.9 Å². The Hall–Kier alpha value is -1.82. The summed E-state index contributed by atoms with van der Waals surface area (Å²) >= 11 is 0. The first-order valence-electron chi connectivity index (χ1n) is 6.62. The second kappa shape index (κ2) is 5.52. The van der Waals surface area contributed by atoms with Crippen molar-refractivity contribution in [2.75, 3.05) is 0 Å². The minimum absolute atomic E-state index is 0.0469. The second-order valence-corrected chi connectivity index (χ2v) is 5.95. The third-order valence-electron chi connectivity index (χ3n) is 3.03. The molecular weight excluding hydrogens is 279 g/mol. The summed E-state index contributed by atoms with van der Waals surface area (Å²) in [6.07, 6.45) is -2.63. The van der Waals surface area contributed by atoms with E-state index in [1.807, 2.05) is 20.8 Å². The van der Waals surface area contributed by atoms with Gasteiger partial charge in [-0.1, -0.05) is 12.1 Å². The van der Waals surface area contributed by atoms with Gasteiger partial charge in [-0.2, -0.15) is 18.3 Å². The zero-order valence-corrected chi connectivity index (χ0v) is 12.2. The van der Waals surface area contributed by atoms with Crippen LogP contribution in [0.25, 0.3) is 11.3 Å². The maximum Gasteiger partial charge on any atom is 0.416 e. The molecule has 3 nitrogen and oxygen atoms in total. The minimum Gasteiger partial charge on any atom is -0.308 e. The lowest BCUT2D eigenvalue weighted by Crippen LogP contribution is -2.35. The second-order valence-electron chi connectivity index (χ2n) is 5.95. The van der Waals surface area contributed by atoms with Gasteiger partial charge in [-0.25, -0.2) is 0 Å². The maximum atomic E-state index is 12.6. The van der Waals surface area contributed by atoms with Gasteiger partial charge in [-0.15, -0.1) is 0 Å². The van der Waals surface area contributed by atoms with E-state index >= 15 is 0 Å². The lowest BCUT2D eigenvalue weighted by molar-refractivity contribution is -0.137. The molecule has 2 rings (SSSR count). The van der Waals surface area contributed by atoms with Gasteiger partial charge >= 0.3 is 6.18 Å². The van der Waals surface area contributed by atoms with Crippen LogP contribution >= 0.6 is 0 Å². The number of nitrogens with one attached hydrogen (secondary N) is 2. The van der Waals surface area contributed by atoms with Crippen LogP contribution in [-0.2, 0) is 12.7 Å². The van der Waals surface area contributed by atoms with Gasteiger partial charge in [0.2, 0.25) is 0 Å². The van der Waals surface area contributed by atoms with E-state index in [1.54, 1.807) is 6.20 Å². The predicted octanol–water partition coefficient (Wildman–Crippen LogP) is 3.98. The Labute approximate surface area is 121 Å². The summed E-state index contributed by atoms with van der Waals surface area (Å²) in [6, 6.07) is 5.07. The van der Waals surface area contributed by atoms with Crippen molar-refractivity contribution in [1.82, 2.24) is 15.5 Å². The zero-order chi connectivity index (χ0) is 15.7. The van der Waals surface area contributed by atoms with Gasteiger partial charge < -0.3 is 5.32 Å². The van der Waals surface area contributed by atoms with E-state index in [4.69, 9.17) is 0 Å². The van der Waals surface area contributed by atoms with Gasteiger partial charge in [-0.05, 0) is 38.5 Å². The fourth-order valence-electron chi connectivity index (χ4n) is 1.88. The molecule has 0 aliphatic heterocycles. The molecule has 2 aromatic rings. The van der Waals surface area contributed by atoms with Crippen molar-refractivity contribution in [2.24, 2.45) is 0 Å². The molecule has 2 N–H and O–H groups in total. The van der Waals surface area contributed by atoms with E-state index in [0.29, 0.717) is 12.1 Å². The smallest absolute Gasteiger partial charge is 0.308 e. The molecule has 6 heteroatoms. The molecule has 0 fully saturated rings. The van der Waals surface area contributed by atoms with Gasteiger partial charge in [0.15, 0.2) is 0 Å². The van der Waals surface area contributed by atoms with Crippen molar-refractivity contribution in [3.05, 3.63) is 41.6 Å². The molecule has 1 aromatic carbocycles. The zero-order valence-electron chi connectivity index (χ0n) is 12.2. The molecule has 21 heavy (non-hydrogen) atoms. The normalized spacial score (nSPS) is 12.7. The van der Waals surface area contributed by atoms with Gasteiger partial charge in [-0.3, -0.25) is 5.10 Å². The van der Waals surface area contributed by atoms with Crippen LogP contribution in [0, 0.1) is 0 Å². The number of halogens is 3. The predicted molar refractivity (Wildman–Crippen MR) is 75.6 cm³/mol. The summed E-state index contributed by atoms with van der Waals surface area (Å²) in [4.78, 5) is 0. The average molecular weight is 297 g/mol. The largest absolute Gasteiger partial charge is 0.416 e. The Morgan fingerprint density at radius 1 is 1.10 bits per heavy atom. The van der Waals surface area contributed by atoms with Crippen LogP contribution in [-0.4, -0.2) is 15.7 Å². The number of rotatable bonds is 3. The molecule has 0 saturated carbocycles. The van der Waals surface area contributed by atoms with E-state index in [-0.39, 0.29) is 5.54 Å². The summed E-state index contributed by atoms with van der Waals surface area (Å²) in [7, 11) is 0. The van der Waals surface area contributed by atoms with Crippen molar-refractivity contribution in [3.63, 3.8) is 0 Å². The fourth-order valence-corrected chi connectivity index (χ4v) is 1.88. The number of benzene rings is 1. The minimum atomic E-state index is -4.32. The van der Waals surface area contributed by atoms with Crippen LogP contribution in [0.4, 0.5) is 13.2 Å². The number of hydrogen-bond acceptors (Lipinski definition) is 2. The fraction of sp³-hybridized carbons (Fsp3) is 0.400. The van der Waals surface area contributed by atoms with Crippen LogP contribution in [0.2, 0.25) is 0 Å². The molecule has 0 amide bonds. The SMILES string of the molecule is CC(C)(C)NCc1cn[nH]c1-c1ccc(C(F)(F)F)cc1. The quantitative estimate of drug-likeness (QED) is 0.899. The summed E-state index contributed by atoms with van der Waals surface area (Å²) < 4.78 is 37.7. The highest BCUT2D eigenvalue weighted by molar-refractivity contribution is 5.63. The standard InChI is InChI=1S/C15H18F3N3/c1-14(2,3)19-8-11-9-20-21-13(11)10-4-6-12(7-5-10)15(16,17)18/h4-7,9,19H,8H2,1-3H3,(H,20,21). The Balaban J connectivity index is 2.21. The molecule has 1 heterocycles. The molecule has 0 unspecified atom stereocenters. The molecule has 0 radical (unpaired) electrons. The molecule has 0 bridgehead atoms. The molecule has 0 atom stereocenters. The lowest BCUT2D eigenvalue weighted by Gasteiger charge is -2.20. The molecular formula is C15H18F3N3. The highest BCUT2D eigenvalue weighted by atomic mass is 19.4. The number of H-pyrrole nitrogens is 1. The van der Waals surface area contributed by atoms with Gasteiger partial charge in [0, 0.05) is 17.6 Å². The Morgan fingerprint density at radius 2 is 1.71 bits per heavy atom. The molecule has 1 aromatic heterocycles. The van der Waals surface area contributed by atoms with E-state index in [0.717, 1.165) is 23.4 Å². The van der Waals surface area contributed by atoms with Crippen LogP contribution in [0.3, 0.4) is 0 Å². The average Bonchev–Trinajstić information content (AvgIpc) is 2.83. The first-order valence-corrected chi connectivity index (χ1v) is 6.62. The lowest BCUT2D eigenvalue weighted by atomic mass is 10.0. The first-order chi connectivity index (χ1) is 9.67. The topological polar surface area (TPSA) is 40.7 Å². The summed E-state index contributed by atoms with van der Waals surface area (Å²) in [6.45, 7) is 6.73. The van der Waals surface area contributed by atoms with Crippen LogP contribution in [0.5, 0.6) is 0 Å². The Bertz CT molecular complexity index is 592. The van der Waals surface area contributed by atoms with Crippen LogP contribution in [0.15, 0.2) is 30.5 Å². The molecule has 0 aliphatic rings. The molecule has 0 spiro atoms. The van der Waals surface area contributed by atoms with E-state index in [9.17, 15) is 13.2 Å².